The number of pyridine rings is 1. The molecule has 0 aliphatic carbocycles. The number of aromatic nitrogens is 2. The molecule has 0 saturated heterocycles. The molecule has 0 saturated carbocycles. The molecule has 4 rings (SSSR count). The normalized spacial score (nSPS) is 10.9. The van der Waals surface area contributed by atoms with Gasteiger partial charge in [-0.25, -0.2) is 4.98 Å². The lowest BCUT2D eigenvalue weighted by Gasteiger charge is -2.05. The van der Waals surface area contributed by atoms with Gasteiger partial charge in [-0.3, -0.25) is 4.79 Å². The van der Waals surface area contributed by atoms with Gasteiger partial charge in [0.25, 0.3) is 6.01 Å². The van der Waals surface area contributed by atoms with Gasteiger partial charge in [0.05, 0.1) is 6.42 Å². The third-order valence-electron chi connectivity index (χ3n) is 4.84. The van der Waals surface area contributed by atoms with Crippen molar-refractivity contribution in [3.63, 3.8) is 0 Å². The number of carbonyl (C=O) groups excluding carboxylic acids is 1. The predicted molar refractivity (Wildman–Crippen MR) is 119 cm³/mol. The van der Waals surface area contributed by atoms with Gasteiger partial charge >= 0.3 is 0 Å². The highest BCUT2D eigenvalue weighted by molar-refractivity contribution is 5.92. The van der Waals surface area contributed by atoms with Crippen LogP contribution in [-0.4, -0.2) is 15.9 Å². The van der Waals surface area contributed by atoms with Crippen LogP contribution in [-0.2, 0) is 17.6 Å². The summed E-state index contributed by atoms with van der Waals surface area (Å²) in [5.74, 6) is 0.438. The van der Waals surface area contributed by atoms with E-state index in [9.17, 15) is 4.79 Å². The molecule has 6 heteroatoms. The smallest absolute Gasteiger partial charge is 0.300 e. The van der Waals surface area contributed by atoms with Gasteiger partial charge < -0.3 is 15.1 Å². The third kappa shape index (κ3) is 4.66. The Morgan fingerprint density at radius 2 is 1.90 bits per heavy atom. The average Bonchev–Trinajstić information content (AvgIpc) is 3.13. The highest BCUT2D eigenvalue weighted by Gasteiger charge is 2.10. The van der Waals surface area contributed by atoms with E-state index in [1.54, 1.807) is 0 Å². The fourth-order valence-corrected chi connectivity index (χ4v) is 3.27. The van der Waals surface area contributed by atoms with E-state index in [-0.39, 0.29) is 12.3 Å². The molecule has 2 aromatic carbocycles. The molecule has 0 spiro atoms. The maximum atomic E-state index is 12.4. The van der Waals surface area contributed by atoms with E-state index >= 15 is 0 Å². The SMILES string of the molecule is CCCc1ccc(NC(=O)Cc2ccc3nc(Nc4ccccc4C)oc3c2)nc1. The molecule has 0 atom stereocenters. The third-order valence-corrected chi connectivity index (χ3v) is 4.84. The van der Waals surface area contributed by atoms with E-state index in [1.165, 1.54) is 5.56 Å². The van der Waals surface area contributed by atoms with E-state index in [0.29, 0.717) is 17.4 Å². The second-order valence-electron chi connectivity index (χ2n) is 7.29. The van der Waals surface area contributed by atoms with E-state index in [0.717, 1.165) is 35.2 Å². The molecule has 0 aliphatic rings. The van der Waals surface area contributed by atoms with Crippen molar-refractivity contribution in [3.8, 4) is 0 Å². The van der Waals surface area contributed by atoms with Gasteiger partial charge in [0.2, 0.25) is 5.91 Å². The first-order valence-electron chi connectivity index (χ1n) is 10.1. The number of benzene rings is 2. The van der Waals surface area contributed by atoms with Crippen LogP contribution in [0.5, 0.6) is 0 Å². The number of fused-ring (bicyclic) bond motifs is 1. The maximum Gasteiger partial charge on any atom is 0.300 e. The molecule has 6 nitrogen and oxygen atoms in total. The first-order chi connectivity index (χ1) is 14.6. The number of para-hydroxylation sites is 1. The topological polar surface area (TPSA) is 80.0 Å². The molecule has 2 heterocycles. The number of aryl methyl sites for hydroxylation is 2. The molecular weight excluding hydrogens is 376 g/mol. The monoisotopic (exact) mass is 400 g/mol. The average molecular weight is 400 g/mol. The zero-order valence-electron chi connectivity index (χ0n) is 17.1. The van der Waals surface area contributed by atoms with Crippen LogP contribution in [0.15, 0.2) is 65.2 Å². The summed E-state index contributed by atoms with van der Waals surface area (Å²) >= 11 is 0. The quantitative estimate of drug-likeness (QED) is 0.434. The fourth-order valence-electron chi connectivity index (χ4n) is 3.27. The fraction of sp³-hybridized carbons (Fsp3) is 0.208. The van der Waals surface area contributed by atoms with Crippen molar-refractivity contribution in [2.45, 2.75) is 33.1 Å². The molecule has 4 aromatic rings. The summed E-state index contributed by atoms with van der Waals surface area (Å²) in [6.07, 6.45) is 4.09. The number of amides is 1. The van der Waals surface area contributed by atoms with Crippen LogP contribution < -0.4 is 10.6 Å². The molecule has 2 N–H and O–H groups in total. The lowest BCUT2D eigenvalue weighted by molar-refractivity contribution is -0.115. The molecule has 0 aliphatic heterocycles. The Morgan fingerprint density at radius 3 is 2.67 bits per heavy atom. The van der Waals surface area contributed by atoms with Gasteiger partial charge in [-0.05, 0) is 54.3 Å². The summed E-state index contributed by atoms with van der Waals surface area (Å²) < 4.78 is 5.84. The minimum Gasteiger partial charge on any atom is -0.423 e. The van der Waals surface area contributed by atoms with Crippen LogP contribution in [0.4, 0.5) is 17.5 Å². The van der Waals surface area contributed by atoms with Crippen molar-refractivity contribution in [1.82, 2.24) is 9.97 Å². The van der Waals surface area contributed by atoms with Gasteiger partial charge in [-0.2, -0.15) is 4.98 Å². The summed E-state index contributed by atoms with van der Waals surface area (Å²) in [6.45, 7) is 4.15. The zero-order chi connectivity index (χ0) is 20.9. The van der Waals surface area contributed by atoms with Gasteiger partial charge in [0.1, 0.15) is 11.3 Å². The van der Waals surface area contributed by atoms with Gasteiger partial charge in [-0.15, -0.1) is 0 Å². The van der Waals surface area contributed by atoms with E-state index < -0.39 is 0 Å². The van der Waals surface area contributed by atoms with Crippen LogP contribution in [0.25, 0.3) is 11.1 Å². The molecule has 1 amide bonds. The molecule has 0 radical (unpaired) electrons. The maximum absolute atomic E-state index is 12.4. The standard InChI is InChI=1S/C24H24N4O2/c1-3-6-17-10-12-22(25-15-17)28-23(29)14-18-9-11-20-21(13-18)30-24(27-20)26-19-8-5-4-7-16(19)2/h4-5,7-13,15H,3,6,14H2,1-2H3,(H,26,27)(H,25,28,29). The summed E-state index contributed by atoms with van der Waals surface area (Å²) in [5.41, 5.74) is 5.44. The molecule has 152 valence electrons. The largest absolute Gasteiger partial charge is 0.423 e. The van der Waals surface area contributed by atoms with Crippen LogP contribution in [0.1, 0.15) is 30.0 Å². The number of nitrogens with zero attached hydrogens (tertiary/aromatic N) is 2. The Balaban J connectivity index is 1.43. The summed E-state index contributed by atoms with van der Waals surface area (Å²) in [5, 5.41) is 6.05. The highest BCUT2D eigenvalue weighted by atomic mass is 16.4. The van der Waals surface area contributed by atoms with Gasteiger partial charge in [0, 0.05) is 11.9 Å². The minimum atomic E-state index is -0.122. The van der Waals surface area contributed by atoms with E-state index in [4.69, 9.17) is 4.42 Å². The first-order valence-corrected chi connectivity index (χ1v) is 10.1. The number of carbonyl (C=O) groups is 1. The van der Waals surface area contributed by atoms with Crippen molar-refractivity contribution < 1.29 is 9.21 Å². The highest BCUT2D eigenvalue weighted by Crippen LogP contribution is 2.25. The second kappa shape index (κ2) is 8.78. The number of hydrogen-bond donors (Lipinski definition) is 2. The van der Waals surface area contributed by atoms with E-state index in [2.05, 4.69) is 27.5 Å². The Kier molecular flexibility index (Phi) is 5.75. The van der Waals surface area contributed by atoms with Crippen LogP contribution in [0.2, 0.25) is 0 Å². The Hall–Kier alpha value is -3.67. The predicted octanol–water partition coefficient (Wildman–Crippen LogP) is 5.41. The summed E-state index contributed by atoms with van der Waals surface area (Å²) in [6, 6.07) is 17.8. The molecule has 30 heavy (non-hydrogen) atoms. The van der Waals surface area contributed by atoms with Crippen molar-refractivity contribution in [2.24, 2.45) is 0 Å². The Labute approximate surface area is 175 Å². The molecular formula is C24H24N4O2. The number of hydrogen-bond acceptors (Lipinski definition) is 5. The molecule has 0 unspecified atom stereocenters. The number of oxazole rings is 1. The molecule has 2 aromatic heterocycles. The second-order valence-corrected chi connectivity index (χ2v) is 7.29. The Bertz CT molecular complexity index is 1170. The van der Waals surface area contributed by atoms with Crippen LogP contribution in [0.3, 0.4) is 0 Å². The minimum absolute atomic E-state index is 0.122. The van der Waals surface area contributed by atoms with Crippen molar-refractivity contribution in [2.75, 3.05) is 10.6 Å². The summed E-state index contributed by atoms with van der Waals surface area (Å²) in [4.78, 5) is 21.2. The van der Waals surface area contributed by atoms with Crippen LogP contribution in [0, 0.1) is 6.92 Å². The molecule has 0 bridgehead atoms. The summed E-state index contributed by atoms with van der Waals surface area (Å²) in [7, 11) is 0. The number of nitrogens with one attached hydrogen (secondary N) is 2. The van der Waals surface area contributed by atoms with Gasteiger partial charge in [-0.1, -0.05) is 43.7 Å². The van der Waals surface area contributed by atoms with E-state index in [1.807, 2.05) is 67.7 Å². The number of rotatable bonds is 7. The first kappa shape index (κ1) is 19.6. The zero-order valence-corrected chi connectivity index (χ0v) is 17.1. The van der Waals surface area contributed by atoms with Crippen LogP contribution >= 0.6 is 0 Å². The van der Waals surface area contributed by atoms with Crippen molar-refractivity contribution in [1.29, 1.82) is 0 Å². The molecule has 0 fully saturated rings. The van der Waals surface area contributed by atoms with Gasteiger partial charge in [0.15, 0.2) is 5.58 Å². The lowest BCUT2D eigenvalue weighted by Crippen LogP contribution is -2.15. The lowest BCUT2D eigenvalue weighted by atomic mass is 10.1. The number of anilines is 3. The Morgan fingerprint density at radius 1 is 1.07 bits per heavy atom. The van der Waals surface area contributed by atoms with Crippen molar-refractivity contribution in [3.05, 3.63) is 77.5 Å². The van der Waals surface area contributed by atoms with Crippen molar-refractivity contribution >= 4 is 34.5 Å².